The highest BCUT2D eigenvalue weighted by Gasteiger charge is 2.14. The Hall–Kier alpha value is -2.09. The zero-order valence-corrected chi connectivity index (χ0v) is 12.7. The fourth-order valence-electron chi connectivity index (χ4n) is 2.86. The van der Waals surface area contributed by atoms with Gasteiger partial charge < -0.3 is 0 Å². The second kappa shape index (κ2) is 6.57. The molecule has 0 spiro atoms. The van der Waals surface area contributed by atoms with E-state index in [-0.39, 0.29) is 0 Å². The molecule has 0 fully saturated rings. The molecule has 0 radical (unpaired) electrons. The lowest BCUT2D eigenvalue weighted by Gasteiger charge is -1.98. The average Bonchev–Trinajstić information content (AvgIpc) is 2.87. The fourth-order valence-corrected chi connectivity index (χ4v) is 2.86. The van der Waals surface area contributed by atoms with E-state index in [0.717, 1.165) is 13.1 Å². The van der Waals surface area contributed by atoms with E-state index in [1.165, 1.54) is 35.9 Å². The molecular weight excluding hydrogens is 256 g/mol. The summed E-state index contributed by atoms with van der Waals surface area (Å²) >= 11 is 0. The van der Waals surface area contributed by atoms with Gasteiger partial charge in [0.15, 0.2) is 11.0 Å². The molecule has 1 heterocycles. The van der Waals surface area contributed by atoms with Gasteiger partial charge in [-0.05, 0) is 30.5 Å². The number of benzene rings is 2. The summed E-state index contributed by atoms with van der Waals surface area (Å²) in [4.78, 5) is 0. The molecule has 0 N–H and O–H groups in total. The Labute approximate surface area is 126 Å². The Balaban J connectivity index is 1.91. The maximum atomic E-state index is 2.40. The molecule has 0 saturated carbocycles. The second-order valence-corrected chi connectivity index (χ2v) is 5.62. The van der Waals surface area contributed by atoms with E-state index in [2.05, 4.69) is 77.0 Å². The number of hydrogen-bond donors (Lipinski definition) is 0. The van der Waals surface area contributed by atoms with Gasteiger partial charge in [-0.2, -0.15) is 0 Å². The first-order valence-electron chi connectivity index (χ1n) is 7.89. The van der Waals surface area contributed by atoms with Crippen LogP contribution in [0.1, 0.15) is 31.7 Å². The molecule has 3 aromatic rings. The van der Waals surface area contributed by atoms with E-state index in [4.69, 9.17) is 0 Å². The Bertz CT molecular complexity index is 698. The molecular formula is C19H23N2+. The molecule has 1 aromatic heterocycles. The Morgan fingerprint density at radius 3 is 2.48 bits per heavy atom. The molecule has 0 aliphatic heterocycles. The Morgan fingerprint density at radius 1 is 0.905 bits per heavy atom. The summed E-state index contributed by atoms with van der Waals surface area (Å²) in [5.41, 5.74) is 4.00. The molecule has 0 atom stereocenters. The predicted molar refractivity (Wildman–Crippen MR) is 87.2 cm³/mol. The van der Waals surface area contributed by atoms with Crippen LogP contribution in [0.2, 0.25) is 0 Å². The number of rotatable bonds is 6. The van der Waals surface area contributed by atoms with Crippen molar-refractivity contribution in [2.75, 3.05) is 0 Å². The van der Waals surface area contributed by atoms with Gasteiger partial charge in [0.2, 0.25) is 6.33 Å². The average molecular weight is 279 g/mol. The molecule has 0 saturated heterocycles. The molecule has 0 unspecified atom stereocenters. The van der Waals surface area contributed by atoms with E-state index in [0.29, 0.717) is 0 Å². The number of para-hydroxylation sites is 2. The summed E-state index contributed by atoms with van der Waals surface area (Å²) in [6.45, 7) is 4.29. The van der Waals surface area contributed by atoms with Crippen molar-refractivity contribution in [3.8, 4) is 0 Å². The standard InChI is InChI=1S/C19H23N2/c1-2-3-9-14-20-16-21(15-17-10-5-4-6-11-17)19-13-8-7-12-18(19)20/h4-8,10-13,16H,2-3,9,14-15H2,1H3/q+1. The topological polar surface area (TPSA) is 8.81 Å². The van der Waals surface area contributed by atoms with Crippen molar-refractivity contribution in [1.82, 2.24) is 4.57 Å². The van der Waals surface area contributed by atoms with Gasteiger partial charge in [-0.25, -0.2) is 9.13 Å². The molecule has 108 valence electrons. The SMILES string of the molecule is CCCCCn1c[n+](Cc2ccccc2)c2ccccc21. The Morgan fingerprint density at radius 2 is 1.67 bits per heavy atom. The third-order valence-corrected chi connectivity index (χ3v) is 3.98. The molecule has 0 aliphatic carbocycles. The minimum Gasteiger partial charge on any atom is -0.230 e. The quantitative estimate of drug-likeness (QED) is 0.473. The van der Waals surface area contributed by atoms with Crippen molar-refractivity contribution in [2.24, 2.45) is 0 Å². The molecule has 3 rings (SSSR count). The van der Waals surface area contributed by atoms with Gasteiger partial charge in [-0.15, -0.1) is 0 Å². The number of aromatic nitrogens is 2. The number of hydrogen-bond acceptors (Lipinski definition) is 0. The van der Waals surface area contributed by atoms with Gasteiger partial charge in [-0.1, -0.05) is 55.8 Å². The van der Waals surface area contributed by atoms with Crippen LogP contribution in [0, 0.1) is 0 Å². The summed E-state index contributed by atoms with van der Waals surface area (Å²) in [7, 11) is 0. The highest BCUT2D eigenvalue weighted by molar-refractivity contribution is 5.71. The van der Waals surface area contributed by atoms with Crippen LogP contribution in [0.4, 0.5) is 0 Å². The van der Waals surface area contributed by atoms with Gasteiger partial charge in [0, 0.05) is 0 Å². The largest absolute Gasteiger partial charge is 0.245 e. The van der Waals surface area contributed by atoms with E-state index < -0.39 is 0 Å². The summed E-state index contributed by atoms with van der Waals surface area (Å²) in [5, 5.41) is 0. The number of aryl methyl sites for hydroxylation is 1. The normalized spacial score (nSPS) is 11.1. The van der Waals surface area contributed by atoms with Crippen molar-refractivity contribution in [3.63, 3.8) is 0 Å². The van der Waals surface area contributed by atoms with E-state index in [1.807, 2.05) is 0 Å². The molecule has 21 heavy (non-hydrogen) atoms. The van der Waals surface area contributed by atoms with Crippen molar-refractivity contribution >= 4 is 11.0 Å². The maximum Gasteiger partial charge on any atom is 0.245 e. The lowest BCUT2D eigenvalue weighted by molar-refractivity contribution is -0.663. The summed E-state index contributed by atoms with van der Waals surface area (Å²) in [6, 6.07) is 19.4. The zero-order valence-electron chi connectivity index (χ0n) is 12.7. The highest BCUT2D eigenvalue weighted by Crippen LogP contribution is 2.13. The number of nitrogens with zero attached hydrogens (tertiary/aromatic N) is 2. The van der Waals surface area contributed by atoms with Crippen LogP contribution in [0.3, 0.4) is 0 Å². The van der Waals surface area contributed by atoms with Gasteiger partial charge in [-0.3, -0.25) is 0 Å². The number of unbranched alkanes of at least 4 members (excludes halogenated alkanes) is 2. The Kier molecular flexibility index (Phi) is 4.34. The van der Waals surface area contributed by atoms with E-state index >= 15 is 0 Å². The lowest BCUT2D eigenvalue weighted by Crippen LogP contribution is -2.32. The van der Waals surface area contributed by atoms with Crippen molar-refractivity contribution in [2.45, 2.75) is 39.3 Å². The van der Waals surface area contributed by atoms with Crippen LogP contribution in [-0.2, 0) is 13.1 Å². The summed E-state index contributed by atoms with van der Waals surface area (Å²) in [5.74, 6) is 0. The third kappa shape index (κ3) is 3.15. The minimum atomic E-state index is 0.933. The number of fused-ring (bicyclic) bond motifs is 1. The van der Waals surface area contributed by atoms with Gasteiger partial charge in [0.25, 0.3) is 0 Å². The third-order valence-electron chi connectivity index (χ3n) is 3.98. The summed E-state index contributed by atoms with van der Waals surface area (Å²) in [6.07, 6.45) is 6.09. The van der Waals surface area contributed by atoms with Crippen LogP contribution < -0.4 is 4.57 Å². The first-order valence-corrected chi connectivity index (χ1v) is 7.89. The van der Waals surface area contributed by atoms with Crippen LogP contribution >= 0.6 is 0 Å². The molecule has 0 bridgehead atoms. The molecule has 0 aliphatic rings. The van der Waals surface area contributed by atoms with Crippen LogP contribution in [0.15, 0.2) is 60.9 Å². The van der Waals surface area contributed by atoms with Crippen LogP contribution in [0.25, 0.3) is 11.0 Å². The first-order chi connectivity index (χ1) is 10.4. The van der Waals surface area contributed by atoms with Gasteiger partial charge in [0.05, 0.1) is 6.54 Å². The predicted octanol–water partition coefficient (Wildman–Crippen LogP) is 4.17. The monoisotopic (exact) mass is 279 g/mol. The second-order valence-electron chi connectivity index (χ2n) is 5.62. The molecule has 2 aromatic carbocycles. The molecule has 2 nitrogen and oxygen atoms in total. The van der Waals surface area contributed by atoms with Crippen LogP contribution in [0.5, 0.6) is 0 Å². The van der Waals surface area contributed by atoms with Crippen LogP contribution in [-0.4, -0.2) is 4.57 Å². The van der Waals surface area contributed by atoms with Gasteiger partial charge in [0.1, 0.15) is 6.54 Å². The molecule has 0 amide bonds. The first kappa shape index (κ1) is 13.9. The van der Waals surface area contributed by atoms with Gasteiger partial charge >= 0.3 is 0 Å². The zero-order chi connectivity index (χ0) is 14.5. The highest BCUT2D eigenvalue weighted by atomic mass is 15.1. The van der Waals surface area contributed by atoms with Crippen molar-refractivity contribution < 1.29 is 4.57 Å². The minimum absolute atomic E-state index is 0.933. The fraction of sp³-hybridized carbons (Fsp3) is 0.316. The van der Waals surface area contributed by atoms with E-state index in [9.17, 15) is 0 Å². The summed E-state index contributed by atoms with van der Waals surface area (Å²) < 4.78 is 4.75. The smallest absolute Gasteiger partial charge is 0.230 e. The molecule has 2 heteroatoms. The van der Waals surface area contributed by atoms with E-state index in [1.54, 1.807) is 0 Å². The number of imidazole rings is 1. The maximum absolute atomic E-state index is 2.40. The van der Waals surface area contributed by atoms with Crippen molar-refractivity contribution in [1.29, 1.82) is 0 Å². The van der Waals surface area contributed by atoms with Crippen molar-refractivity contribution in [3.05, 3.63) is 66.5 Å². The lowest BCUT2D eigenvalue weighted by atomic mass is 10.2.